The Morgan fingerprint density at radius 3 is 2.47 bits per heavy atom. The maximum Gasteiger partial charge on any atom is 0.316 e. The van der Waals surface area contributed by atoms with Gasteiger partial charge in [-0.25, -0.2) is 0 Å². The van der Waals surface area contributed by atoms with E-state index in [1.165, 1.54) is 6.20 Å². The predicted molar refractivity (Wildman–Crippen MR) is 57.6 cm³/mol. The summed E-state index contributed by atoms with van der Waals surface area (Å²) in [6.45, 7) is 10.1. The summed E-state index contributed by atoms with van der Waals surface area (Å²) >= 11 is 0. The molecule has 0 bridgehead atoms. The first-order valence-corrected chi connectivity index (χ1v) is 4.66. The molecule has 0 fully saturated rings. The van der Waals surface area contributed by atoms with Crippen LogP contribution in [0.4, 0.5) is 0 Å². The van der Waals surface area contributed by atoms with E-state index in [-0.39, 0.29) is 18.3 Å². The van der Waals surface area contributed by atoms with Crippen molar-refractivity contribution in [3.8, 4) is 0 Å². The van der Waals surface area contributed by atoms with E-state index < -0.39 is 5.41 Å². The van der Waals surface area contributed by atoms with Crippen molar-refractivity contribution in [1.29, 1.82) is 0 Å². The van der Waals surface area contributed by atoms with Crippen molar-refractivity contribution >= 4 is 11.9 Å². The van der Waals surface area contributed by atoms with Crippen LogP contribution in [-0.2, 0) is 14.3 Å². The largest absolute Gasteiger partial charge is 0.435 e. The maximum atomic E-state index is 11.4. The molecule has 4 nitrogen and oxygen atoms in total. The standard InChI is InChI=1S/C11H17NO3/c1-5-12-9(13)7-8-11(3,4)10(14)15-6-2/h5-6H,1-2,7-8H2,3-4H3,(H,12,13). The second-order valence-electron chi connectivity index (χ2n) is 3.73. The van der Waals surface area contributed by atoms with Crippen molar-refractivity contribution in [2.75, 3.05) is 0 Å². The monoisotopic (exact) mass is 211 g/mol. The molecule has 0 saturated carbocycles. The zero-order valence-electron chi connectivity index (χ0n) is 9.21. The van der Waals surface area contributed by atoms with Crippen molar-refractivity contribution in [1.82, 2.24) is 5.32 Å². The number of esters is 1. The molecule has 0 aromatic heterocycles. The fourth-order valence-corrected chi connectivity index (χ4v) is 0.949. The number of nitrogens with one attached hydrogen (secondary N) is 1. The van der Waals surface area contributed by atoms with E-state index in [0.717, 1.165) is 6.26 Å². The fraction of sp³-hybridized carbons (Fsp3) is 0.455. The highest BCUT2D eigenvalue weighted by atomic mass is 16.5. The molecule has 0 radical (unpaired) electrons. The maximum absolute atomic E-state index is 11.4. The van der Waals surface area contributed by atoms with Crippen LogP contribution in [0.2, 0.25) is 0 Å². The third-order valence-electron chi connectivity index (χ3n) is 1.98. The van der Waals surface area contributed by atoms with Crippen LogP contribution in [0.5, 0.6) is 0 Å². The summed E-state index contributed by atoms with van der Waals surface area (Å²) in [4.78, 5) is 22.5. The highest BCUT2D eigenvalue weighted by Crippen LogP contribution is 2.24. The molecule has 0 aromatic carbocycles. The van der Waals surface area contributed by atoms with Crippen LogP contribution < -0.4 is 5.32 Å². The quantitative estimate of drug-likeness (QED) is 0.537. The van der Waals surface area contributed by atoms with E-state index >= 15 is 0 Å². The minimum Gasteiger partial charge on any atom is -0.435 e. The van der Waals surface area contributed by atoms with Crippen LogP contribution >= 0.6 is 0 Å². The van der Waals surface area contributed by atoms with Crippen molar-refractivity contribution in [2.45, 2.75) is 26.7 Å². The lowest BCUT2D eigenvalue weighted by molar-refractivity contribution is -0.148. The van der Waals surface area contributed by atoms with Gasteiger partial charge < -0.3 is 10.1 Å². The Hall–Kier alpha value is -1.58. The lowest BCUT2D eigenvalue weighted by Crippen LogP contribution is -2.28. The number of carbonyl (C=O) groups excluding carboxylic acids is 2. The van der Waals surface area contributed by atoms with Gasteiger partial charge in [0, 0.05) is 6.42 Å². The molecule has 0 aromatic rings. The van der Waals surface area contributed by atoms with Crippen molar-refractivity contribution in [2.24, 2.45) is 5.41 Å². The Balaban J connectivity index is 4.13. The van der Waals surface area contributed by atoms with Gasteiger partial charge in [-0.15, -0.1) is 0 Å². The van der Waals surface area contributed by atoms with E-state index in [1.807, 2.05) is 0 Å². The summed E-state index contributed by atoms with van der Waals surface area (Å²) in [7, 11) is 0. The SMILES string of the molecule is C=CNC(=O)CCC(C)(C)C(=O)OC=C. The summed E-state index contributed by atoms with van der Waals surface area (Å²) in [5.74, 6) is -0.548. The second kappa shape index (κ2) is 6.01. The zero-order chi connectivity index (χ0) is 11.9. The van der Waals surface area contributed by atoms with Crippen molar-refractivity contribution in [3.63, 3.8) is 0 Å². The molecule has 0 saturated heterocycles. The number of ether oxygens (including phenoxy) is 1. The first kappa shape index (κ1) is 13.4. The van der Waals surface area contributed by atoms with Crippen LogP contribution in [0.25, 0.3) is 0 Å². The van der Waals surface area contributed by atoms with E-state index in [4.69, 9.17) is 0 Å². The number of hydrogen-bond donors (Lipinski definition) is 1. The van der Waals surface area contributed by atoms with Crippen LogP contribution in [-0.4, -0.2) is 11.9 Å². The molecule has 0 aliphatic heterocycles. The molecular formula is C11H17NO3. The van der Waals surface area contributed by atoms with Gasteiger partial charge in [0.05, 0.1) is 11.7 Å². The topological polar surface area (TPSA) is 55.4 Å². The summed E-state index contributed by atoms with van der Waals surface area (Å²) in [6.07, 6.45) is 3.08. The normalized spacial score (nSPS) is 10.3. The summed E-state index contributed by atoms with van der Waals surface area (Å²) in [6, 6.07) is 0. The van der Waals surface area contributed by atoms with E-state index in [1.54, 1.807) is 13.8 Å². The van der Waals surface area contributed by atoms with Gasteiger partial charge in [0.2, 0.25) is 5.91 Å². The summed E-state index contributed by atoms with van der Waals surface area (Å²) in [5.41, 5.74) is -0.688. The van der Waals surface area contributed by atoms with Crippen molar-refractivity contribution in [3.05, 3.63) is 25.6 Å². The molecule has 0 spiro atoms. The second-order valence-corrected chi connectivity index (χ2v) is 3.73. The van der Waals surface area contributed by atoms with Gasteiger partial charge in [0.15, 0.2) is 0 Å². The fourth-order valence-electron chi connectivity index (χ4n) is 0.949. The Morgan fingerprint density at radius 1 is 1.40 bits per heavy atom. The first-order valence-electron chi connectivity index (χ1n) is 4.66. The van der Waals surface area contributed by atoms with Gasteiger partial charge in [-0.05, 0) is 26.5 Å². The molecule has 0 heterocycles. The predicted octanol–water partition coefficient (Wildman–Crippen LogP) is 1.74. The molecule has 15 heavy (non-hydrogen) atoms. The molecule has 4 heteroatoms. The molecule has 0 unspecified atom stereocenters. The van der Waals surface area contributed by atoms with E-state index in [0.29, 0.717) is 6.42 Å². The first-order chi connectivity index (χ1) is 6.94. The summed E-state index contributed by atoms with van der Waals surface area (Å²) in [5, 5.41) is 2.44. The number of rotatable bonds is 6. The Bertz CT molecular complexity index is 269. The molecule has 0 atom stereocenters. The highest BCUT2D eigenvalue weighted by molar-refractivity contribution is 5.80. The summed E-state index contributed by atoms with van der Waals surface area (Å²) < 4.78 is 4.67. The molecule has 1 amide bonds. The van der Waals surface area contributed by atoms with Gasteiger partial charge in [0.1, 0.15) is 0 Å². The Labute approximate surface area is 90.0 Å². The lowest BCUT2D eigenvalue weighted by Gasteiger charge is -2.20. The lowest BCUT2D eigenvalue weighted by atomic mass is 9.88. The van der Waals surface area contributed by atoms with Crippen molar-refractivity contribution < 1.29 is 14.3 Å². The molecule has 0 aliphatic rings. The highest BCUT2D eigenvalue weighted by Gasteiger charge is 2.29. The van der Waals surface area contributed by atoms with Gasteiger partial charge >= 0.3 is 5.97 Å². The van der Waals surface area contributed by atoms with Gasteiger partial charge in [-0.3, -0.25) is 9.59 Å². The van der Waals surface area contributed by atoms with Gasteiger partial charge in [-0.1, -0.05) is 13.2 Å². The minimum absolute atomic E-state index is 0.163. The molecule has 1 N–H and O–H groups in total. The molecular weight excluding hydrogens is 194 g/mol. The molecule has 0 rings (SSSR count). The van der Waals surface area contributed by atoms with E-state index in [9.17, 15) is 9.59 Å². The number of amides is 1. The van der Waals surface area contributed by atoms with E-state index in [2.05, 4.69) is 23.2 Å². The van der Waals surface area contributed by atoms with Crippen LogP contribution in [0.3, 0.4) is 0 Å². The minimum atomic E-state index is -0.688. The zero-order valence-corrected chi connectivity index (χ0v) is 9.21. The Morgan fingerprint density at radius 2 is 2.00 bits per heavy atom. The molecule has 0 aliphatic carbocycles. The van der Waals surface area contributed by atoms with Crippen LogP contribution in [0.15, 0.2) is 25.6 Å². The average Bonchev–Trinajstić information content (AvgIpc) is 2.16. The Kier molecular flexibility index (Phi) is 5.37. The third-order valence-corrected chi connectivity index (χ3v) is 1.98. The molecule has 84 valence electrons. The van der Waals surface area contributed by atoms with Gasteiger partial charge in [0.25, 0.3) is 0 Å². The van der Waals surface area contributed by atoms with Crippen LogP contribution in [0, 0.1) is 5.41 Å². The van der Waals surface area contributed by atoms with Gasteiger partial charge in [-0.2, -0.15) is 0 Å². The van der Waals surface area contributed by atoms with Crippen LogP contribution in [0.1, 0.15) is 26.7 Å². The average molecular weight is 211 g/mol. The smallest absolute Gasteiger partial charge is 0.316 e. The number of carbonyl (C=O) groups is 2. The third kappa shape index (κ3) is 5.00. The number of hydrogen-bond acceptors (Lipinski definition) is 3.